The van der Waals surface area contributed by atoms with Crippen molar-refractivity contribution in [2.24, 2.45) is 0 Å². The highest BCUT2D eigenvalue weighted by Gasteiger charge is 2.37. The number of hydrogen-bond acceptors (Lipinski definition) is 3. The topological polar surface area (TPSA) is 40.2 Å². The third-order valence-corrected chi connectivity index (χ3v) is 2.96. The SMILES string of the molecule is CC(C#N)(c1ccco1)N1CCCC1. The van der Waals surface area contributed by atoms with Gasteiger partial charge in [0.15, 0.2) is 5.54 Å². The monoisotopic (exact) mass is 190 g/mol. The molecule has 1 saturated heterocycles. The minimum atomic E-state index is -0.583. The molecule has 2 rings (SSSR count). The fourth-order valence-corrected chi connectivity index (χ4v) is 2.00. The van der Waals surface area contributed by atoms with Gasteiger partial charge >= 0.3 is 0 Å². The number of nitrogens with zero attached hydrogens (tertiary/aromatic N) is 2. The van der Waals surface area contributed by atoms with Crippen LogP contribution in [-0.2, 0) is 5.54 Å². The van der Waals surface area contributed by atoms with Crippen molar-refractivity contribution in [3.63, 3.8) is 0 Å². The van der Waals surface area contributed by atoms with E-state index in [0.29, 0.717) is 0 Å². The molecule has 0 amide bonds. The normalized spacial score (nSPS) is 21.7. The Morgan fingerprint density at radius 3 is 2.71 bits per heavy atom. The molecule has 1 aliphatic rings. The summed E-state index contributed by atoms with van der Waals surface area (Å²) in [5.74, 6) is 0.752. The summed E-state index contributed by atoms with van der Waals surface area (Å²) in [5, 5.41) is 9.27. The van der Waals surface area contributed by atoms with Gasteiger partial charge in [-0.3, -0.25) is 4.90 Å². The molecule has 74 valence electrons. The molecule has 3 nitrogen and oxygen atoms in total. The summed E-state index contributed by atoms with van der Waals surface area (Å²) in [6, 6.07) is 6.07. The van der Waals surface area contributed by atoms with Crippen LogP contribution in [0.15, 0.2) is 22.8 Å². The third kappa shape index (κ3) is 1.32. The first-order valence-electron chi connectivity index (χ1n) is 4.97. The zero-order chi connectivity index (χ0) is 10.0. The first-order chi connectivity index (χ1) is 6.77. The molecule has 2 heterocycles. The van der Waals surface area contributed by atoms with E-state index in [0.717, 1.165) is 18.8 Å². The summed E-state index contributed by atoms with van der Waals surface area (Å²) < 4.78 is 5.34. The lowest BCUT2D eigenvalue weighted by Gasteiger charge is -2.30. The molecule has 1 aromatic rings. The van der Waals surface area contributed by atoms with Crippen molar-refractivity contribution in [3.05, 3.63) is 24.2 Å². The van der Waals surface area contributed by atoms with Crippen LogP contribution < -0.4 is 0 Å². The number of furan rings is 1. The zero-order valence-corrected chi connectivity index (χ0v) is 8.36. The van der Waals surface area contributed by atoms with Gasteiger partial charge in [0.2, 0.25) is 0 Å². The van der Waals surface area contributed by atoms with Crippen LogP contribution in [0.4, 0.5) is 0 Å². The highest BCUT2D eigenvalue weighted by molar-refractivity contribution is 5.21. The smallest absolute Gasteiger partial charge is 0.164 e. The molecular weight excluding hydrogens is 176 g/mol. The molecule has 0 N–H and O–H groups in total. The summed E-state index contributed by atoms with van der Waals surface area (Å²) in [5.41, 5.74) is -0.583. The maximum absolute atomic E-state index is 9.27. The lowest BCUT2D eigenvalue weighted by Crippen LogP contribution is -2.40. The number of hydrogen-bond donors (Lipinski definition) is 0. The molecule has 0 saturated carbocycles. The van der Waals surface area contributed by atoms with Gasteiger partial charge in [0, 0.05) is 13.1 Å². The average molecular weight is 190 g/mol. The Hall–Kier alpha value is -1.27. The van der Waals surface area contributed by atoms with Gasteiger partial charge in [0.25, 0.3) is 0 Å². The van der Waals surface area contributed by atoms with E-state index in [1.54, 1.807) is 6.26 Å². The Labute approximate surface area is 83.9 Å². The standard InChI is InChI=1S/C11H14N2O/c1-11(9-12,10-5-4-8-14-10)13-6-2-3-7-13/h4-5,8H,2-3,6-7H2,1H3. The van der Waals surface area contributed by atoms with Gasteiger partial charge in [-0.05, 0) is 31.9 Å². The van der Waals surface area contributed by atoms with E-state index in [4.69, 9.17) is 4.42 Å². The largest absolute Gasteiger partial charge is 0.466 e. The Morgan fingerprint density at radius 2 is 2.21 bits per heavy atom. The van der Waals surface area contributed by atoms with Gasteiger partial charge in [-0.2, -0.15) is 5.26 Å². The molecule has 0 aliphatic carbocycles. The van der Waals surface area contributed by atoms with E-state index in [1.165, 1.54) is 12.8 Å². The van der Waals surface area contributed by atoms with Gasteiger partial charge in [-0.1, -0.05) is 0 Å². The first kappa shape index (κ1) is 9.29. The van der Waals surface area contributed by atoms with E-state index in [9.17, 15) is 5.26 Å². The molecule has 1 unspecified atom stereocenters. The Bertz CT molecular complexity index is 333. The van der Waals surface area contributed by atoms with Gasteiger partial charge in [0.05, 0.1) is 12.3 Å². The quantitative estimate of drug-likeness (QED) is 0.717. The fourth-order valence-electron chi connectivity index (χ4n) is 2.00. The van der Waals surface area contributed by atoms with Crippen LogP contribution in [0.1, 0.15) is 25.5 Å². The summed E-state index contributed by atoms with van der Waals surface area (Å²) >= 11 is 0. The molecule has 0 spiro atoms. The van der Waals surface area contributed by atoms with Crippen molar-refractivity contribution in [2.45, 2.75) is 25.3 Å². The lowest BCUT2D eigenvalue weighted by atomic mass is 9.99. The molecular formula is C11H14N2O. The van der Waals surface area contributed by atoms with Crippen LogP contribution in [0.3, 0.4) is 0 Å². The molecule has 0 aromatic carbocycles. The van der Waals surface area contributed by atoms with E-state index in [1.807, 2.05) is 19.1 Å². The van der Waals surface area contributed by atoms with Gasteiger partial charge < -0.3 is 4.42 Å². The number of likely N-dealkylation sites (tertiary alicyclic amines) is 1. The second-order valence-corrected chi connectivity index (χ2v) is 3.86. The molecule has 1 atom stereocenters. The first-order valence-corrected chi connectivity index (χ1v) is 4.97. The minimum Gasteiger partial charge on any atom is -0.466 e. The summed E-state index contributed by atoms with van der Waals surface area (Å²) in [6.45, 7) is 3.91. The number of nitriles is 1. The minimum absolute atomic E-state index is 0.583. The van der Waals surface area contributed by atoms with Gasteiger partial charge in [-0.25, -0.2) is 0 Å². The van der Waals surface area contributed by atoms with E-state index >= 15 is 0 Å². The van der Waals surface area contributed by atoms with E-state index in [-0.39, 0.29) is 0 Å². The third-order valence-electron chi connectivity index (χ3n) is 2.96. The van der Waals surface area contributed by atoms with Crippen LogP contribution in [0.2, 0.25) is 0 Å². The van der Waals surface area contributed by atoms with Crippen molar-refractivity contribution < 1.29 is 4.42 Å². The van der Waals surface area contributed by atoms with Crippen LogP contribution in [0.5, 0.6) is 0 Å². The van der Waals surface area contributed by atoms with Crippen LogP contribution in [0.25, 0.3) is 0 Å². The van der Waals surface area contributed by atoms with Crippen molar-refractivity contribution >= 4 is 0 Å². The van der Waals surface area contributed by atoms with Crippen LogP contribution in [-0.4, -0.2) is 18.0 Å². The second-order valence-electron chi connectivity index (χ2n) is 3.86. The summed E-state index contributed by atoms with van der Waals surface area (Å²) in [7, 11) is 0. The highest BCUT2D eigenvalue weighted by atomic mass is 16.3. The number of rotatable bonds is 2. The molecule has 0 radical (unpaired) electrons. The van der Waals surface area contributed by atoms with Gasteiger partial charge in [-0.15, -0.1) is 0 Å². The Morgan fingerprint density at radius 1 is 1.50 bits per heavy atom. The predicted octanol–water partition coefficient (Wildman–Crippen LogP) is 2.11. The molecule has 0 bridgehead atoms. The van der Waals surface area contributed by atoms with Crippen LogP contribution >= 0.6 is 0 Å². The van der Waals surface area contributed by atoms with Crippen molar-refractivity contribution in [1.29, 1.82) is 5.26 Å². The fraction of sp³-hybridized carbons (Fsp3) is 0.545. The molecule has 1 aromatic heterocycles. The zero-order valence-electron chi connectivity index (χ0n) is 8.36. The maximum Gasteiger partial charge on any atom is 0.164 e. The van der Waals surface area contributed by atoms with Crippen molar-refractivity contribution in [1.82, 2.24) is 4.90 Å². The Balaban J connectivity index is 2.30. The maximum atomic E-state index is 9.27. The van der Waals surface area contributed by atoms with E-state index in [2.05, 4.69) is 11.0 Å². The van der Waals surface area contributed by atoms with Crippen molar-refractivity contribution in [3.8, 4) is 6.07 Å². The summed E-state index contributed by atoms with van der Waals surface area (Å²) in [4.78, 5) is 2.19. The molecule has 1 fully saturated rings. The van der Waals surface area contributed by atoms with Crippen molar-refractivity contribution in [2.75, 3.05) is 13.1 Å². The average Bonchev–Trinajstić information content (AvgIpc) is 2.88. The highest BCUT2D eigenvalue weighted by Crippen LogP contribution is 2.30. The molecule has 1 aliphatic heterocycles. The van der Waals surface area contributed by atoms with Gasteiger partial charge in [0.1, 0.15) is 5.76 Å². The predicted molar refractivity (Wildman–Crippen MR) is 52.5 cm³/mol. The molecule has 14 heavy (non-hydrogen) atoms. The van der Waals surface area contributed by atoms with Crippen LogP contribution in [0, 0.1) is 11.3 Å². The Kier molecular flexibility index (Phi) is 2.30. The van der Waals surface area contributed by atoms with E-state index < -0.39 is 5.54 Å². The molecule has 3 heteroatoms. The second kappa shape index (κ2) is 3.47. The lowest BCUT2D eigenvalue weighted by molar-refractivity contribution is 0.164. The summed E-state index contributed by atoms with van der Waals surface area (Å²) in [6.07, 6.45) is 3.98.